The molecule has 1 aliphatic rings. The second kappa shape index (κ2) is 6.18. The number of aromatic hydroxyl groups is 1. The molecule has 0 bridgehead atoms. The first-order valence-electron chi connectivity index (χ1n) is 8.55. The van der Waals surface area contributed by atoms with E-state index in [1.807, 2.05) is 6.92 Å². The molecule has 5 nitrogen and oxygen atoms in total. The zero-order valence-electron chi connectivity index (χ0n) is 14.1. The van der Waals surface area contributed by atoms with Gasteiger partial charge in [0, 0.05) is 6.42 Å². The van der Waals surface area contributed by atoms with Crippen LogP contribution in [-0.2, 0) is 6.42 Å². The Bertz CT molecular complexity index is 846. The Labute approximate surface area is 145 Å². The number of nitrogens with zero attached hydrogens (tertiary/aromatic N) is 4. The van der Waals surface area contributed by atoms with Crippen LogP contribution in [0.25, 0.3) is 4.96 Å². The molecule has 0 aliphatic carbocycles. The van der Waals surface area contributed by atoms with Crippen LogP contribution in [-0.4, -0.2) is 37.7 Å². The van der Waals surface area contributed by atoms with Gasteiger partial charge in [0.2, 0.25) is 10.8 Å². The summed E-state index contributed by atoms with van der Waals surface area (Å²) in [4.78, 5) is 8.69. The van der Waals surface area contributed by atoms with Crippen molar-refractivity contribution in [2.75, 3.05) is 13.1 Å². The number of hydrogen-bond acceptors (Lipinski definition) is 5. The Morgan fingerprint density at radius 3 is 2.54 bits per heavy atom. The van der Waals surface area contributed by atoms with E-state index in [4.69, 9.17) is 0 Å². The van der Waals surface area contributed by atoms with Crippen molar-refractivity contribution >= 4 is 16.3 Å². The van der Waals surface area contributed by atoms with E-state index in [0.29, 0.717) is 0 Å². The standard InChI is InChI=1S/C18H22N4OS/c1-3-14-19-18-22(20-14)17(23)16(24-18)15(21-10-4-5-11-21)13-8-6-12(2)7-9-13/h6-9,15,23H,3-5,10-11H2,1-2H3/t15-/m0/s1. The molecular formula is C18H22N4OS. The van der Waals surface area contributed by atoms with Crippen LogP contribution in [0.3, 0.4) is 0 Å². The normalized spacial score (nSPS) is 16.9. The van der Waals surface area contributed by atoms with Gasteiger partial charge in [0.1, 0.15) is 0 Å². The molecule has 4 rings (SSSR count). The summed E-state index contributed by atoms with van der Waals surface area (Å²) in [5.41, 5.74) is 2.47. The topological polar surface area (TPSA) is 53.7 Å². The highest BCUT2D eigenvalue weighted by Crippen LogP contribution is 2.41. The molecule has 126 valence electrons. The number of rotatable bonds is 4. The van der Waals surface area contributed by atoms with E-state index in [-0.39, 0.29) is 11.9 Å². The lowest BCUT2D eigenvalue weighted by molar-refractivity contribution is 0.277. The van der Waals surface area contributed by atoms with Crippen molar-refractivity contribution in [2.24, 2.45) is 0 Å². The number of aryl methyl sites for hydroxylation is 2. The molecule has 24 heavy (non-hydrogen) atoms. The number of likely N-dealkylation sites (tertiary alicyclic amines) is 1. The van der Waals surface area contributed by atoms with E-state index in [1.165, 1.54) is 24.0 Å². The van der Waals surface area contributed by atoms with Gasteiger partial charge < -0.3 is 5.11 Å². The van der Waals surface area contributed by atoms with Crippen molar-refractivity contribution in [1.29, 1.82) is 0 Å². The van der Waals surface area contributed by atoms with E-state index >= 15 is 0 Å². The summed E-state index contributed by atoms with van der Waals surface area (Å²) in [6, 6.07) is 8.70. The predicted molar refractivity (Wildman–Crippen MR) is 95.7 cm³/mol. The molecule has 0 unspecified atom stereocenters. The van der Waals surface area contributed by atoms with Crippen LogP contribution < -0.4 is 0 Å². The lowest BCUT2D eigenvalue weighted by Crippen LogP contribution is -2.26. The van der Waals surface area contributed by atoms with Crippen LogP contribution in [0.1, 0.15) is 47.6 Å². The molecule has 0 amide bonds. The van der Waals surface area contributed by atoms with Crippen molar-refractivity contribution in [1.82, 2.24) is 19.5 Å². The fourth-order valence-corrected chi connectivity index (χ4v) is 4.53. The first kappa shape index (κ1) is 15.6. The smallest absolute Gasteiger partial charge is 0.230 e. The van der Waals surface area contributed by atoms with Gasteiger partial charge in [-0.2, -0.15) is 4.52 Å². The highest BCUT2D eigenvalue weighted by molar-refractivity contribution is 7.17. The molecule has 0 saturated carbocycles. The minimum absolute atomic E-state index is 0.0756. The third kappa shape index (κ3) is 2.59. The molecule has 1 saturated heterocycles. The average Bonchev–Trinajstić information content (AvgIpc) is 3.29. The summed E-state index contributed by atoms with van der Waals surface area (Å²) < 4.78 is 1.59. The number of thiazole rings is 1. The fraction of sp³-hybridized carbons (Fsp3) is 0.444. The van der Waals surface area contributed by atoms with Crippen molar-refractivity contribution in [2.45, 2.75) is 39.2 Å². The molecule has 6 heteroatoms. The van der Waals surface area contributed by atoms with Crippen LogP contribution in [0.2, 0.25) is 0 Å². The fourth-order valence-electron chi connectivity index (χ4n) is 3.40. The molecule has 1 fully saturated rings. The van der Waals surface area contributed by atoms with Gasteiger partial charge in [-0.3, -0.25) is 4.90 Å². The van der Waals surface area contributed by atoms with Gasteiger partial charge in [0.05, 0.1) is 10.9 Å². The van der Waals surface area contributed by atoms with Crippen molar-refractivity contribution in [3.8, 4) is 5.88 Å². The van der Waals surface area contributed by atoms with Crippen molar-refractivity contribution < 1.29 is 5.11 Å². The zero-order chi connectivity index (χ0) is 16.7. The van der Waals surface area contributed by atoms with Crippen LogP contribution in [0.4, 0.5) is 0 Å². The van der Waals surface area contributed by atoms with Gasteiger partial charge in [-0.25, -0.2) is 4.98 Å². The number of aromatic nitrogens is 3. The first-order chi connectivity index (χ1) is 11.7. The molecule has 1 aliphatic heterocycles. The summed E-state index contributed by atoms with van der Waals surface area (Å²) in [5.74, 6) is 1.01. The average molecular weight is 342 g/mol. The summed E-state index contributed by atoms with van der Waals surface area (Å²) in [5, 5.41) is 15.2. The Hall–Kier alpha value is -1.92. The second-order valence-corrected chi connectivity index (χ2v) is 7.43. The van der Waals surface area contributed by atoms with E-state index in [1.54, 1.807) is 15.9 Å². The van der Waals surface area contributed by atoms with Crippen LogP contribution in [0.15, 0.2) is 24.3 Å². The SMILES string of the molecule is CCc1nc2sc([C@H](c3ccc(C)cc3)N3CCCC3)c(O)n2n1. The van der Waals surface area contributed by atoms with E-state index in [0.717, 1.165) is 35.2 Å². The van der Waals surface area contributed by atoms with Gasteiger partial charge in [-0.15, -0.1) is 5.10 Å². The van der Waals surface area contributed by atoms with Crippen molar-refractivity contribution in [3.05, 3.63) is 46.1 Å². The monoisotopic (exact) mass is 342 g/mol. The summed E-state index contributed by atoms with van der Waals surface area (Å²) in [7, 11) is 0. The van der Waals surface area contributed by atoms with Gasteiger partial charge >= 0.3 is 0 Å². The minimum atomic E-state index is 0.0756. The number of fused-ring (bicyclic) bond motifs is 1. The predicted octanol–water partition coefficient (Wildman–Crippen LogP) is 3.55. The summed E-state index contributed by atoms with van der Waals surface area (Å²) in [6.07, 6.45) is 3.20. The Balaban J connectivity index is 1.82. The van der Waals surface area contributed by atoms with E-state index in [2.05, 4.69) is 46.2 Å². The van der Waals surface area contributed by atoms with E-state index < -0.39 is 0 Å². The van der Waals surface area contributed by atoms with Gasteiger partial charge in [-0.05, 0) is 38.4 Å². The molecule has 0 spiro atoms. The quantitative estimate of drug-likeness (QED) is 0.788. The molecule has 0 radical (unpaired) electrons. The Morgan fingerprint density at radius 1 is 1.21 bits per heavy atom. The lowest BCUT2D eigenvalue weighted by Gasteiger charge is -2.27. The van der Waals surface area contributed by atoms with Crippen LogP contribution >= 0.6 is 11.3 Å². The molecule has 2 aromatic heterocycles. The Morgan fingerprint density at radius 2 is 1.92 bits per heavy atom. The summed E-state index contributed by atoms with van der Waals surface area (Å²) in [6.45, 7) is 6.25. The maximum Gasteiger partial charge on any atom is 0.230 e. The van der Waals surface area contributed by atoms with Crippen molar-refractivity contribution in [3.63, 3.8) is 0 Å². The van der Waals surface area contributed by atoms with Crippen LogP contribution in [0, 0.1) is 6.92 Å². The van der Waals surface area contributed by atoms with Gasteiger partial charge in [0.15, 0.2) is 5.82 Å². The maximum atomic E-state index is 10.8. The minimum Gasteiger partial charge on any atom is -0.492 e. The first-order valence-corrected chi connectivity index (χ1v) is 9.37. The number of hydrogen-bond donors (Lipinski definition) is 1. The lowest BCUT2D eigenvalue weighted by atomic mass is 10.0. The largest absolute Gasteiger partial charge is 0.492 e. The van der Waals surface area contributed by atoms with Crippen LogP contribution in [0.5, 0.6) is 5.88 Å². The third-order valence-corrected chi connectivity index (χ3v) is 5.78. The highest BCUT2D eigenvalue weighted by atomic mass is 32.1. The molecule has 1 N–H and O–H groups in total. The highest BCUT2D eigenvalue weighted by Gasteiger charge is 2.30. The second-order valence-electron chi connectivity index (χ2n) is 6.42. The van der Waals surface area contributed by atoms with Gasteiger partial charge in [0.25, 0.3) is 0 Å². The zero-order valence-corrected chi connectivity index (χ0v) is 14.9. The Kier molecular flexibility index (Phi) is 4.02. The molecular weight excluding hydrogens is 320 g/mol. The third-order valence-electron chi connectivity index (χ3n) is 4.71. The molecule has 3 heterocycles. The molecule has 1 aromatic carbocycles. The molecule has 1 atom stereocenters. The van der Waals surface area contributed by atoms with E-state index in [9.17, 15) is 5.11 Å². The molecule has 3 aromatic rings. The van der Waals surface area contributed by atoms with Gasteiger partial charge in [-0.1, -0.05) is 48.1 Å². The maximum absolute atomic E-state index is 10.8. The number of benzene rings is 1. The summed E-state index contributed by atoms with van der Waals surface area (Å²) >= 11 is 1.55.